The highest BCUT2D eigenvalue weighted by atomic mass is 19.4. The lowest BCUT2D eigenvalue weighted by atomic mass is 10.0. The lowest BCUT2D eigenvalue weighted by molar-refractivity contribution is -0.164. The fraction of sp³-hybridized carbons (Fsp3) is 0.273. The van der Waals surface area contributed by atoms with Crippen LogP contribution in [0, 0.1) is 0 Å². The van der Waals surface area contributed by atoms with E-state index in [4.69, 9.17) is 0 Å². The fourth-order valence-electron chi connectivity index (χ4n) is 1.21. The summed E-state index contributed by atoms with van der Waals surface area (Å²) in [4.78, 5) is 16.3. The average Bonchev–Trinajstić information content (AvgIpc) is 2.24. The molecular formula is C11H11F3N2O. The van der Waals surface area contributed by atoms with Gasteiger partial charge >= 0.3 is 6.18 Å². The molecule has 1 aromatic heterocycles. The van der Waals surface area contributed by atoms with E-state index in [0.29, 0.717) is 0 Å². The van der Waals surface area contributed by atoms with Crippen LogP contribution in [0.3, 0.4) is 0 Å². The van der Waals surface area contributed by atoms with E-state index in [2.05, 4.69) is 4.98 Å². The molecule has 1 heterocycles. The van der Waals surface area contributed by atoms with Crippen molar-refractivity contribution < 1.29 is 18.0 Å². The molecule has 0 saturated heterocycles. The summed E-state index contributed by atoms with van der Waals surface area (Å²) in [5.41, 5.74) is -0.207. The Bertz CT molecular complexity index is 424. The zero-order valence-corrected chi connectivity index (χ0v) is 9.32. The van der Waals surface area contributed by atoms with Gasteiger partial charge in [-0.3, -0.25) is 9.78 Å². The Morgan fingerprint density at radius 3 is 2.24 bits per heavy atom. The maximum absolute atomic E-state index is 12.4. The van der Waals surface area contributed by atoms with Gasteiger partial charge in [0.1, 0.15) is 0 Å². The van der Waals surface area contributed by atoms with Crippen LogP contribution in [0.1, 0.15) is 5.56 Å². The first-order valence-corrected chi connectivity index (χ1v) is 4.72. The van der Waals surface area contributed by atoms with Gasteiger partial charge in [0.15, 0.2) is 0 Å². The van der Waals surface area contributed by atoms with E-state index >= 15 is 0 Å². The molecule has 0 aliphatic carbocycles. The maximum atomic E-state index is 12.4. The van der Waals surface area contributed by atoms with Gasteiger partial charge in [0.05, 0.1) is 5.57 Å². The molecular weight excluding hydrogens is 233 g/mol. The van der Waals surface area contributed by atoms with E-state index in [-0.39, 0.29) is 5.56 Å². The van der Waals surface area contributed by atoms with Gasteiger partial charge in [-0.05, 0) is 17.7 Å². The van der Waals surface area contributed by atoms with E-state index < -0.39 is 17.5 Å². The first-order chi connectivity index (χ1) is 7.82. The summed E-state index contributed by atoms with van der Waals surface area (Å²) in [6.07, 6.45) is -1.07. The number of rotatable bonds is 3. The normalized spacial score (nSPS) is 12.4. The molecule has 0 spiro atoms. The number of pyridine rings is 1. The van der Waals surface area contributed by atoms with Crippen LogP contribution in [0.15, 0.2) is 30.7 Å². The topological polar surface area (TPSA) is 33.2 Å². The van der Waals surface area contributed by atoms with E-state index in [0.717, 1.165) is 6.20 Å². The van der Waals surface area contributed by atoms with Crippen LogP contribution >= 0.6 is 0 Å². The van der Waals surface area contributed by atoms with Crippen LogP contribution < -0.4 is 0 Å². The van der Waals surface area contributed by atoms with Crippen LogP contribution in [0.2, 0.25) is 0 Å². The molecule has 3 nitrogen and oxygen atoms in total. The lowest BCUT2D eigenvalue weighted by Crippen LogP contribution is -2.25. The summed E-state index contributed by atoms with van der Waals surface area (Å²) in [6, 6.07) is 2.72. The van der Waals surface area contributed by atoms with Gasteiger partial charge in [-0.1, -0.05) is 0 Å². The second-order valence-corrected chi connectivity index (χ2v) is 3.57. The van der Waals surface area contributed by atoms with Crippen LogP contribution in [-0.4, -0.2) is 35.9 Å². The number of nitrogens with zero attached hydrogens (tertiary/aromatic N) is 2. The zero-order valence-electron chi connectivity index (χ0n) is 9.32. The number of carbonyl (C=O) groups is 1. The highest BCUT2D eigenvalue weighted by Gasteiger charge is 2.41. The Morgan fingerprint density at radius 2 is 1.82 bits per heavy atom. The molecule has 0 saturated carbocycles. The van der Waals surface area contributed by atoms with Crippen molar-refractivity contribution >= 4 is 11.4 Å². The molecule has 0 aromatic carbocycles. The largest absolute Gasteiger partial charge is 0.454 e. The van der Waals surface area contributed by atoms with Gasteiger partial charge in [0, 0.05) is 32.7 Å². The van der Waals surface area contributed by atoms with Gasteiger partial charge in [0.25, 0.3) is 5.78 Å². The molecule has 92 valence electrons. The van der Waals surface area contributed by atoms with Gasteiger partial charge < -0.3 is 4.90 Å². The molecule has 0 amide bonds. The van der Waals surface area contributed by atoms with Crippen LogP contribution in [0.25, 0.3) is 5.57 Å². The van der Waals surface area contributed by atoms with E-state index in [9.17, 15) is 18.0 Å². The molecule has 0 atom stereocenters. The number of alkyl halides is 3. The summed E-state index contributed by atoms with van der Waals surface area (Å²) in [7, 11) is 3.09. The summed E-state index contributed by atoms with van der Waals surface area (Å²) < 4.78 is 37.2. The monoisotopic (exact) mass is 244 g/mol. The van der Waals surface area contributed by atoms with Crippen LogP contribution in [0.5, 0.6) is 0 Å². The minimum Gasteiger partial charge on any atom is -0.383 e. The SMILES string of the molecule is CN(C)/C=C(/C(=O)C(F)(F)F)c1ccncc1. The number of Topliss-reactive ketones (excluding diaryl/α,β-unsaturated/α-hetero) is 1. The van der Waals surface area contributed by atoms with Crippen molar-refractivity contribution in [2.45, 2.75) is 6.18 Å². The molecule has 0 bridgehead atoms. The second-order valence-electron chi connectivity index (χ2n) is 3.57. The van der Waals surface area contributed by atoms with Crippen molar-refractivity contribution in [1.82, 2.24) is 9.88 Å². The molecule has 0 fully saturated rings. The van der Waals surface area contributed by atoms with Crippen molar-refractivity contribution in [3.8, 4) is 0 Å². The molecule has 1 aromatic rings. The van der Waals surface area contributed by atoms with E-state index in [1.54, 1.807) is 14.1 Å². The van der Waals surface area contributed by atoms with Crippen molar-refractivity contribution in [2.75, 3.05) is 14.1 Å². The predicted molar refractivity (Wildman–Crippen MR) is 57.0 cm³/mol. The molecule has 0 aliphatic rings. The van der Waals surface area contributed by atoms with Crippen LogP contribution in [-0.2, 0) is 4.79 Å². The Kier molecular flexibility index (Phi) is 3.88. The van der Waals surface area contributed by atoms with E-state index in [1.807, 2.05) is 0 Å². The summed E-state index contributed by atoms with van der Waals surface area (Å²) in [6.45, 7) is 0. The standard InChI is InChI=1S/C11H11F3N2O/c1-16(2)7-9(10(17)11(12,13)14)8-3-5-15-6-4-8/h3-7H,1-2H3/b9-7+. The predicted octanol–water partition coefficient (Wildman–Crippen LogP) is 2.12. The van der Waals surface area contributed by atoms with Gasteiger partial charge in [0.2, 0.25) is 0 Å². The van der Waals surface area contributed by atoms with Gasteiger partial charge in [-0.25, -0.2) is 0 Å². The Morgan fingerprint density at radius 1 is 1.29 bits per heavy atom. The Labute approximate surface area is 96.6 Å². The van der Waals surface area contributed by atoms with Crippen molar-refractivity contribution in [1.29, 1.82) is 0 Å². The maximum Gasteiger partial charge on any atom is 0.454 e. The fourth-order valence-corrected chi connectivity index (χ4v) is 1.21. The molecule has 0 N–H and O–H groups in total. The highest BCUT2D eigenvalue weighted by molar-refractivity contribution is 6.23. The summed E-state index contributed by atoms with van der Waals surface area (Å²) >= 11 is 0. The Hall–Kier alpha value is -1.85. The third kappa shape index (κ3) is 3.58. The number of hydrogen-bond donors (Lipinski definition) is 0. The van der Waals surface area contributed by atoms with Gasteiger partial charge in [-0.15, -0.1) is 0 Å². The highest BCUT2D eigenvalue weighted by Crippen LogP contribution is 2.26. The van der Waals surface area contributed by atoms with Crippen molar-refractivity contribution in [2.24, 2.45) is 0 Å². The van der Waals surface area contributed by atoms with Crippen LogP contribution in [0.4, 0.5) is 13.2 Å². The molecule has 0 aliphatic heterocycles. The molecule has 0 unspecified atom stereocenters. The number of hydrogen-bond acceptors (Lipinski definition) is 3. The first-order valence-electron chi connectivity index (χ1n) is 4.72. The third-order valence-corrected chi connectivity index (χ3v) is 1.88. The quantitative estimate of drug-likeness (QED) is 0.763. The summed E-state index contributed by atoms with van der Waals surface area (Å²) in [5, 5.41) is 0. The minimum atomic E-state index is -4.88. The van der Waals surface area contributed by atoms with E-state index in [1.165, 1.54) is 29.4 Å². The molecule has 6 heteroatoms. The number of aromatic nitrogens is 1. The third-order valence-electron chi connectivity index (χ3n) is 1.88. The zero-order chi connectivity index (χ0) is 13.1. The molecule has 0 radical (unpaired) electrons. The average molecular weight is 244 g/mol. The minimum absolute atomic E-state index is 0.191. The lowest BCUT2D eigenvalue weighted by Gasteiger charge is -2.13. The van der Waals surface area contributed by atoms with Crippen molar-refractivity contribution in [3.63, 3.8) is 0 Å². The smallest absolute Gasteiger partial charge is 0.383 e. The number of ketones is 1. The first kappa shape index (κ1) is 13.2. The molecule has 1 rings (SSSR count). The summed E-state index contributed by atoms with van der Waals surface area (Å²) in [5.74, 6) is -1.86. The second kappa shape index (κ2) is 4.99. The number of carbonyl (C=O) groups excluding carboxylic acids is 1. The number of allylic oxidation sites excluding steroid dienone is 1. The number of halogens is 3. The van der Waals surface area contributed by atoms with Gasteiger partial charge in [-0.2, -0.15) is 13.2 Å². The van der Waals surface area contributed by atoms with Crippen molar-refractivity contribution in [3.05, 3.63) is 36.3 Å². The molecule has 17 heavy (non-hydrogen) atoms. The Balaban J connectivity index is 3.20.